The molecule has 51 heavy (non-hydrogen) atoms. The SMILES string of the molecule is COc1ccc(CO[C@@H]2C(OCc3ccccc3)[C@H](OCc3ccc(OC)cc3)[C@@H](OCc3ccccc3)C(O)[C@@H]2OCc2ccccc2)cc1. The molecular weight excluding hydrogens is 644 g/mol. The van der Waals surface area contributed by atoms with E-state index in [4.69, 9.17) is 33.2 Å². The van der Waals surface area contributed by atoms with Crippen molar-refractivity contribution in [3.63, 3.8) is 0 Å². The van der Waals surface area contributed by atoms with E-state index in [1.165, 1.54) is 0 Å². The molecule has 1 aliphatic rings. The third-order valence-electron chi connectivity index (χ3n) is 9.03. The van der Waals surface area contributed by atoms with Crippen molar-refractivity contribution in [3.8, 4) is 11.5 Å². The van der Waals surface area contributed by atoms with Crippen molar-refractivity contribution in [1.82, 2.24) is 0 Å². The molecule has 6 rings (SSSR count). The summed E-state index contributed by atoms with van der Waals surface area (Å²) in [4.78, 5) is 0. The van der Waals surface area contributed by atoms with E-state index in [0.717, 1.165) is 39.3 Å². The van der Waals surface area contributed by atoms with Crippen LogP contribution in [-0.2, 0) is 56.7 Å². The van der Waals surface area contributed by atoms with Crippen LogP contribution >= 0.6 is 0 Å². The summed E-state index contributed by atoms with van der Waals surface area (Å²) < 4.78 is 44.2. The van der Waals surface area contributed by atoms with Crippen molar-refractivity contribution >= 4 is 0 Å². The van der Waals surface area contributed by atoms with E-state index >= 15 is 0 Å². The molecule has 0 aliphatic heterocycles. The molecule has 266 valence electrons. The molecule has 8 heteroatoms. The van der Waals surface area contributed by atoms with Gasteiger partial charge in [-0.1, -0.05) is 115 Å². The highest BCUT2D eigenvalue weighted by Gasteiger charge is 2.54. The third-order valence-corrected chi connectivity index (χ3v) is 9.03. The summed E-state index contributed by atoms with van der Waals surface area (Å²) in [6.45, 7) is 1.32. The van der Waals surface area contributed by atoms with Gasteiger partial charge in [0.05, 0.1) is 47.3 Å². The lowest BCUT2D eigenvalue weighted by Gasteiger charge is -2.48. The highest BCUT2D eigenvalue weighted by molar-refractivity contribution is 5.28. The van der Waals surface area contributed by atoms with Crippen LogP contribution in [0.2, 0.25) is 0 Å². The number of methoxy groups -OCH3 is 2. The predicted octanol–water partition coefficient (Wildman–Crippen LogP) is 7.31. The summed E-state index contributed by atoms with van der Waals surface area (Å²) in [5.41, 5.74) is 4.81. The van der Waals surface area contributed by atoms with Gasteiger partial charge in [0.2, 0.25) is 0 Å². The fourth-order valence-corrected chi connectivity index (χ4v) is 6.22. The topological polar surface area (TPSA) is 84.8 Å². The average Bonchev–Trinajstić information content (AvgIpc) is 3.19. The monoisotopic (exact) mass is 690 g/mol. The fourth-order valence-electron chi connectivity index (χ4n) is 6.22. The van der Waals surface area contributed by atoms with Gasteiger partial charge in [-0.05, 0) is 52.1 Å². The molecule has 2 unspecified atom stereocenters. The van der Waals surface area contributed by atoms with Crippen molar-refractivity contribution in [1.29, 1.82) is 0 Å². The molecule has 0 amide bonds. The molecule has 0 heterocycles. The maximum atomic E-state index is 12.3. The number of aliphatic hydroxyl groups is 1. The normalized spacial score (nSPS) is 21.6. The van der Waals surface area contributed by atoms with Crippen molar-refractivity contribution in [2.45, 2.75) is 69.7 Å². The van der Waals surface area contributed by atoms with Gasteiger partial charge in [0, 0.05) is 0 Å². The first kappa shape index (κ1) is 36.3. The van der Waals surface area contributed by atoms with Crippen molar-refractivity contribution in [3.05, 3.63) is 167 Å². The number of hydrogen-bond acceptors (Lipinski definition) is 8. The summed E-state index contributed by atoms with van der Waals surface area (Å²) in [6, 6.07) is 45.2. The number of rotatable bonds is 17. The van der Waals surface area contributed by atoms with Gasteiger partial charge in [-0.25, -0.2) is 0 Å². The second-order valence-electron chi connectivity index (χ2n) is 12.5. The van der Waals surface area contributed by atoms with Crippen LogP contribution in [0, 0.1) is 0 Å². The van der Waals surface area contributed by atoms with E-state index in [2.05, 4.69) is 0 Å². The van der Waals surface area contributed by atoms with Crippen LogP contribution in [0.5, 0.6) is 11.5 Å². The van der Waals surface area contributed by atoms with E-state index in [9.17, 15) is 5.11 Å². The Kier molecular flexibility index (Phi) is 13.2. The standard InChI is InChI=1S/C43H46O8/c1-45-36-22-18-34(19-23-36)29-49-41-39(47-26-31-12-6-3-7-13-31)38(44)40(48-27-32-14-8-4-9-15-32)42(43(41)51-28-33-16-10-5-11-17-33)50-30-35-20-24-37(46-2)25-21-35/h3-25,38-44H,26-30H2,1-2H3/t38?,39-,40-,41-,42+,43?/m0/s1. The van der Waals surface area contributed by atoms with Gasteiger partial charge < -0.3 is 38.3 Å². The van der Waals surface area contributed by atoms with Gasteiger partial charge >= 0.3 is 0 Å². The van der Waals surface area contributed by atoms with Crippen molar-refractivity contribution < 1.29 is 38.3 Å². The van der Waals surface area contributed by atoms with Crippen LogP contribution in [0.1, 0.15) is 27.8 Å². The van der Waals surface area contributed by atoms with Gasteiger partial charge in [-0.3, -0.25) is 0 Å². The van der Waals surface area contributed by atoms with E-state index in [0.29, 0.717) is 6.61 Å². The first-order chi connectivity index (χ1) is 25.1. The Labute approximate surface area is 300 Å². The van der Waals surface area contributed by atoms with Gasteiger partial charge in [-0.2, -0.15) is 0 Å². The molecule has 8 nitrogen and oxygen atoms in total. The second-order valence-corrected chi connectivity index (χ2v) is 12.5. The Bertz CT molecular complexity index is 1590. The molecule has 0 saturated heterocycles. The Balaban J connectivity index is 1.35. The lowest BCUT2D eigenvalue weighted by molar-refractivity contribution is -0.283. The lowest BCUT2D eigenvalue weighted by atomic mass is 9.83. The molecule has 6 atom stereocenters. The third kappa shape index (κ3) is 10.0. The van der Waals surface area contributed by atoms with Crippen LogP contribution in [0.4, 0.5) is 0 Å². The molecule has 1 N–H and O–H groups in total. The van der Waals surface area contributed by atoms with Gasteiger partial charge in [0.15, 0.2) is 0 Å². The van der Waals surface area contributed by atoms with E-state index in [-0.39, 0.29) is 26.4 Å². The lowest BCUT2D eigenvalue weighted by Crippen LogP contribution is -2.66. The minimum absolute atomic E-state index is 0.249. The number of aliphatic hydroxyl groups excluding tert-OH is 1. The zero-order chi connectivity index (χ0) is 35.3. The van der Waals surface area contributed by atoms with Crippen molar-refractivity contribution in [2.24, 2.45) is 0 Å². The highest BCUT2D eigenvalue weighted by atomic mass is 16.6. The Morgan fingerprint density at radius 3 is 0.902 bits per heavy atom. The Morgan fingerprint density at radius 2 is 0.608 bits per heavy atom. The van der Waals surface area contributed by atoms with E-state index < -0.39 is 36.6 Å². The molecule has 5 aromatic carbocycles. The fraction of sp³-hybridized carbons (Fsp3) is 0.302. The second kappa shape index (κ2) is 18.6. The molecule has 5 aromatic rings. The first-order valence-electron chi connectivity index (χ1n) is 17.2. The molecule has 0 bridgehead atoms. The zero-order valence-electron chi connectivity index (χ0n) is 29.1. The van der Waals surface area contributed by atoms with Gasteiger partial charge in [0.1, 0.15) is 48.1 Å². The molecule has 1 saturated carbocycles. The summed E-state index contributed by atoms with van der Waals surface area (Å²) in [5, 5.41) is 12.3. The largest absolute Gasteiger partial charge is 0.497 e. The maximum absolute atomic E-state index is 12.3. The van der Waals surface area contributed by atoms with Crippen LogP contribution < -0.4 is 9.47 Å². The molecule has 0 aromatic heterocycles. The summed E-state index contributed by atoms with van der Waals surface area (Å²) in [7, 11) is 3.28. The summed E-state index contributed by atoms with van der Waals surface area (Å²) in [6.07, 6.45) is -4.89. The van der Waals surface area contributed by atoms with Gasteiger partial charge in [-0.15, -0.1) is 0 Å². The van der Waals surface area contributed by atoms with E-state index in [1.54, 1.807) is 14.2 Å². The number of hydrogen-bond donors (Lipinski definition) is 1. The molecular formula is C43H46O8. The summed E-state index contributed by atoms with van der Waals surface area (Å²) in [5.74, 6) is 1.51. The van der Waals surface area contributed by atoms with E-state index in [1.807, 2.05) is 140 Å². The van der Waals surface area contributed by atoms with Crippen LogP contribution in [0.15, 0.2) is 140 Å². The average molecular weight is 691 g/mol. The molecule has 1 aliphatic carbocycles. The number of benzene rings is 5. The smallest absolute Gasteiger partial charge is 0.118 e. The Hall–Kier alpha value is -4.54. The van der Waals surface area contributed by atoms with Crippen LogP contribution in [0.3, 0.4) is 0 Å². The quantitative estimate of drug-likeness (QED) is 0.109. The summed E-state index contributed by atoms with van der Waals surface area (Å²) >= 11 is 0. The predicted molar refractivity (Wildman–Crippen MR) is 194 cm³/mol. The van der Waals surface area contributed by atoms with Crippen LogP contribution in [0.25, 0.3) is 0 Å². The molecule has 0 radical (unpaired) electrons. The Morgan fingerprint density at radius 1 is 0.353 bits per heavy atom. The van der Waals surface area contributed by atoms with Gasteiger partial charge in [0.25, 0.3) is 0 Å². The minimum Gasteiger partial charge on any atom is -0.497 e. The minimum atomic E-state index is -1.12. The molecule has 0 spiro atoms. The van der Waals surface area contributed by atoms with Crippen LogP contribution in [-0.4, -0.2) is 55.9 Å². The first-order valence-corrected chi connectivity index (χ1v) is 17.2. The zero-order valence-corrected chi connectivity index (χ0v) is 29.1. The van der Waals surface area contributed by atoms with Crippen molar-refractivity contribution in [2.75, 3.05) is 14.2 Å². The highest BCUT2D eigenvalue weighted by Crippen LogP contribution is 2.35. The maximum Gasteiger partial charge on any atom is 0.118 e. The molecule has 1 fully saturated rings. The number of ether oxygens (including phenoxy) is 7.